The Morgan fingerprint density at radius 2 is 1.61 bits per heavy atom. The van der Waals surface area contributed by atoms with Gasteiger partial charge in [-0.15, -0.1) is 0 Å². The Hall–Kier alpha value is -3.97. The normalized spacial score (nSPS) is 11.1. The van der Waals surface area contributed by atoms with Gasteiger partial charge in [0.25, 0.3) is 5.91 Å². The number of thioether (sulfide) groups is 1. The van der Waals surface area contributed by atoms with Crippen molar-refractivity contribution in [1.82, 2.24) is 19.9 Å². The molecule has 0 aliphatic rings. The Kier molecular flexibility index (Phi) is 7.09. The third-order valence-corrected chi connectivity index (χ3v) is 6.93. The van der Waals surface area contributed by atoms with Crippen LogP contribution in [-0.2, 0) is 18.8 Å². The molecule has 0 fully saturated rings. The summed E-state index contributed by atoms with van der Waals surface area (Å²) in [6.45, 7) is 3.09. The minimum absolute atomic E-state index is 0.0954. The summed E-state index contributed by atoms with van der Waals surface area (Å²) in [4.78, 5) is 21.8. The van der Waals surface area contributed by atoms with E-state index >= 15 is 0 Å². The van der Waals surface area contributed by atoms with Crippen molar-refractivity contribution < 1.29 is 9.18 Å². The number of hydrogen-bond donors (Lipinski definition) is 1. The van der Waals surface area contributed by atoms with E-state index in [0.717, 1.165) is 33.0 Å². The summed E-state index contributed by atoms with van der Waals surface area (Å²) in [5.41, 5.74) is 6.57. The molecule has 0 aliphatic carbocycles. The zero-order valence-electron chi connectivity index (χ0n) is 19.8. The van der Waals surface area contributed by atoms with Crippen LogP contribution >= 0.6 is 11.8 Å². The van der Waals surface area contributed by atoms with Crippen LogP contribution in [0, 0.1) is 12.7 Å². The maximum absolute atomic E-state index is 13.4. The molecule has 0 spiro atoms. The molecule has 0 unspecified atom stereocenters. The lowest BCUT2D eigenvalue weighted by molar-refractivity contribution is 0.0951. The average molecular weight is 497 g/mol. The SMILES string of the molecule is Cc1ccc(CNC(=O)c2ccc(CSc3nc4cccnc4n3Cc3ccc(F)cc3)cc2)cc1. The molecular weight excluding hydrogens is 471 g/mol. The maximum atomic E-state index is 13.4. The van der Waals surface area contributed by atoms with Crippen LogP contribution in [-0.4, -0.2) is 20.4 Å². The third-order valence-electron chi connectivity index (χ3n) is 5.88. The van der Waals surface area contributed by atoms with Gasteiger partial charge in [0.05, 0.1) is 6.54 Å². The number of imidazole rings is 1. The van der Waals surface area contributed by atoms with E-state index in [9.17, 15) is 9.18 Å². The van der Waals surface area contributed by atoms with Crippen LogP contribution in [0.1, 0.15) is 32.6 Å². The van der Waals surface area contributed by atoms with E-state index in [0.29, 0.717) is 24.4 Å². The predicted molar refractivity (Wildman–Crippen MR) is 141 cm³/mol. The van der Waals surface area contributed by atoms with Gasteiger partial charge >= 0.3 is 0 Å². The lowest BCUT2D eigenvalue weighted by atomic mass is 10.1. The number of aryl methyl sites for hydroxylation is 1. The second-order valence-corrected chi connectivity index (χ2v) is 9.55. The highest BCUT2D eigenvalue weighted by molar-refractivity contribution is 7.98. The van der Waals surface area contributed by atoms with Crippen LogP contribution in [0.4, 0.5) is 4.39 Å². The molecule has 5 rings (SSSR count). The topological polar surface area (TPSA) is 59.8 Å². The number of hydrogen-bond acceptors (Lipinski definition) is 4. The number of halogens is 1. The lowest BCUT2D eigenvalue weighted by Crippen LogP contribution is -2.22. The predicted octanol–water partition coefficient (Wildman–Crippen LogP) is 6.15. The van der Waals surface area contributed by atoms with Crippen molar-refractivity contribution in [2.24, 2.45) is 0 Å². The number of pyridine rings is 1. The summed E-state index contributed by atoms with van der Waals surface area (Å²) in [5.74, 6) is 0.342. The summed E-state index contributed by atoms with van der Waals surface area (Å²) >= 11 is 1.61. The molecule has 1 N–H and O–H groups in total. The molecular formula is C29H25FN4OS. The Bertz CT molecular complexity index is 1480. The first kappa shape index (κ1) is 23.8. The van der Waals surface area contributed by atoms with Gasteiger partial charge in [0.15, 0.2) is 10.8 Å². The van der Waals surface area contributed by atoms with Crippen LogP contribution in [0.2, 0.25) is 0 Å². The largest absolute Gasteiger partial charge is 0.348 e. The number of carbonyl (C=O) groups is 1. The molecule has 0 saturated heterocycles. The van der Waals surface area contributed by atoms with Gasteiger partial charge in [-0.1, -0.05) is 65.9 Å². The number of aromatic nitrogens is 3. The van der Waals surface area contributed by atoms with Crippen molar-refractivity contribution in [2.75, 3.05) is 0 Å². The lowest BCUT2D eigenvalue weighted by Gasteiger charge is -2.09. The van der Waals surface area contributed by atoms with Crippen molar-refractivity contribution in [3.8, 4) is 0 Å². The van der Waals surface area contributed by atoms with Crippen molar-refractivity contribution >= 4 is 28.8 Å². The number of benzene rings is 3. The molecule has 0 radical (unpaired) electrons. The quantitative estimate of drug-likeness (QED) is 0.262. The third kappa shape index (κ3) is 5.63. The highest BCUT2D eigenvalue weighted by Crippen LogP contribution is 2.27. The van der Waals surface area contributed by atoms with Crippen LogP contribution < -0.4 is 5.32 Å². The van der Waals surface area contributed by atoms with Crippen molar-refractivity contribution in [2.45, 2.75) is 30.9 Å². The fourth-order valence-electron chi connectivity index (χ4n) is 3.85. The average Bonchev–Trinajstić information content (AvgIpc) is 3.25. The van der Waals surface area contributed by atoms with Crippen molar-refractivity contribution in [3.63, 3.8) is 0 Å². The molecule has 2 aromatic heterocycles. The van der Waals surface area contributed by atoms with E-state index in [-0.39, 0.29) is 11.7 Å². The Balaban J connectivity index is 1.25. The van der Waals surface area contributed by atoms with E-state index in [2.05, 4.69) is 14.9 Å². The molecule has 1 amide bonds. The number of rotatable bonds is 8. The fourth-order valence-corrected chi connectivity index (χ4v) is 4.81. The van der Waals surface area contributed by atoms with Crippen LogP contribution in [0.5, 0.6) is 0 Å². The van der Waals surface area contributed by atoms with Gasteiger partial charge in [-0.3, -0.25) is 9.36 Å². The zero-order chi connectivity index (χ0) is 24.9. The number of nitrogens with one attached hydrogen (secondary N) is 1. The smallest absolute Gasteiger partial charge is 0.251 e. The Morgan fingerprint density at radius 1 is 0.917 bits per heavy atom. The first-order valence-electron chi connectivity index (χ1n) is 11.7. The van der Waals surface area contributed by atoms with Crippen molar-refractivity contribution in [1.29, 1.82) is 0 Å². The minimum Gasteiger partial charge on any atom is -0.348 e. The molecule has 0 aliphatic heterocycles. The van der Waals surface area contributed by atoms with Crippen LogP contribution in [0.15, 0.2) is 96.3 Å². The molecule has 36 heavy (non-hydrogen) atoms. The van der Waals surface area contributed by atoms with E-state index in [1.165, 1.54) is 17.7 Å². The Labute approximate surface area is 213 Å². The molecule has 0 atom stereocenters. The summed E-state index contributed by atoms with van der Waals surface area (Å²) in [6.07, 6.45) is 1.75. The zero-order valence-corrected chi connectivity index (χ0v) is 20.6. The maximum Gasteiger partial charge on any atom is 0.251 e. The molecule has 7 heteroatoms. The van der Waals surface area contributed by atoms with E-state index in [4.69, 9.17) is 4.98 Å². The molecule has 0 saturated carbocycles. The number of amides is 1. The monoisotopic (exact) mass is 496 g/mol. The van der Waals surface area contributed by atoms with Crippen molar-refractivity contribution in [3.05, 3.63) is 125 Å². The second kappa shape index (κ2) is 10.7. The van der Waals surface area contributed by atoms with E-state index in [1.54, 1.807) is 30.1 Å². The standard InChI is InChI=1S/C29H25FN4OS/c1-20-4-6-21(7-5-20)17-32-28(35)24-12-8-23(9-13-24)19-36-29-33-26-3-2-16-31-27(26)34(29)18-22-10-14-25(30)15-11-22/h2-16H,17-19H2,1H3,(H,32,35). The minimum atomic E-state index is -0.255. The van der Waals surface area contributed by atoms with Crippen LogP contribution in [0.3, 0.4) is 0 Å². The van der Waals surface area contributed by atoms with Crippen LogP contribution in [0.25, 0.3) is 11.2 Å². The highest BCUT2D eigenvalue weighted by Gasteiger charge is 2.13. The fraction of sp³-hybridized carbons (Fsp3) is 0.138. The van der Waals surface area contributed by atoms with Gasteiger partial charge in [0.2, 0.25) is 0 Å². The Morgan fingerprint density at radius 3 is 2.36 bits per heavy atom. The molecule has 3 aromatic carbocycles. The highest BCUT2D eigenvalue weighted by atomic mass is 32.2. The second-order valence-electron chi connectivity index (χ2n) is 8.61. The van der Waals surface area contributed by atoms with E-state index < -0.39 is 0 Å². The molecule has 5 nitrogen and oxygen atoms in total. The molecule has 2 heterocycles. The first-order valence-corrected chi connectivity index (χ1v) is 12.6. The molecule has 180 valence electrons. The number of carbonyl (C=O) groups excluding carboxylic acids is 1. The van der Waals surface area contributed by atoms with Gasteiger partial charge in [-0.2, -0.15) is 0 Å². The number of fused-ring (bicyclic) bond motifs is 1. The van der Waals surface area contributed by atoms with Gasteiger partial charge in [-0.25, -0.2) is 14.4 Å². The molecule has 0 bridgehead atoms. The van der Waals surface area contributed by atoms with E-state index in [1.807, 2.05) is 67.6 Å². The van der Waals surface area contributed by atoms with Gasteiger partial charge in [0, 0.05) is 24.1 Å². The summed E-state index contributed by atoms with van der Waals surface area (Å²) in [7, 11) is 0. The van der Waals surface area contributed by atoms with Gasteiger partial charge in [0.1, 0.15) is 11.3 Å². The first-order chi connectivity index (χ1) is 17.5. The van der Waals surface area contributed by atoms with Gasteiger partial charge < -0.3 is 5.32 Å². The summed E-state index contributed by atoms with van der Waals surface area (Å²) < 4.78 is 15.4. The number of nitrogens with zero attached hydrogens (tertiary/aromatic N) is 3. The summed E-state index contributed by atoms with van der Waals surface area (Å²) in [5, 5.41) is 3.81. The van der Waals surface area contributed by atoms with Gasteiger partial charge in [-0.05, 0) is 60.0 Å². The summed E-state index contributed by atoms with van der Waals surface area (Å²) in [6, 6.07) is 26.1. The molecule has 5 aromatic rings.